The zero-order valence-electron chi connectivity index (χ0n) is 15.4. The van der Waals surface area contributed by atoms with Crippen LogP contribution in [0.3, 0.4) is 0 Å². The quantitative estimate of drug-likeness (QED) is 0.928. The van der Waals surface area contributed by atoms with Gasteiger partial charge in [-0.1, -0.05) is 41.5 Å². The average molecular weight is 307 g/mol. The number of rotatable bonds is 4. The van der Waals surface area contributed by atoms with Gasteiger partial charge in [-0.05, 0) is 11.8 Å². The lowest BCUT2D eigenvalue weighted by Crippen LogP contribution is -2.36. The number of ether oxygens (including phenoxy) is 1. The normalized spacial score (nSPS) is 23.2. The van der Waals surface area contributed by atoms with Crippen molar-refractivity contribution >= 4 is 0 Å². The van der Waals surface area contributed by atoms with E-state index < -0.39 is 0 Å². The Bertz CT molecular complexity index is 493. The standard InChI is InChI=1S/C18H33N3O/c1-17(2,3)15-14(12-21(7)20-15)11-19-10-13-8-9-22-16(13)18(4,5)6/h12-13,16,19H,8-11H2,1-7H3/t13-,16+/m1/s1. The molecule has 0 radical (unpaired) electrons. The van der Waals surface area contributed by atoms with Crippen LogP contribution in [0.4, 0.5) is 0 Å². The molecule has 1 aliphatic rings. The fourth-order valence-electron chi connectivity index (χ4n) is 3.49. The Morgan fingerprint density at radius 3 is 2.55 bits per heavy atom. The molecule has 22 heavy (non-hydrogen) atoms. The van der Waals surface area contributed by atoms with Crippen molar-refractivity contribution in [2.24, 2.45) is 18.4 Å². The van der Waals surface area contributed by atoms with E-state index in [4.69, 9.17) is 4.74 Å². The van der Waals surface area contributed by atoms with Crippen LogP contribution in [-0.4, -0.2) is 29.0 Å². The third kappa shape index (κ3) is 4.11. The first-order chi connectivity index (χ1) is 10.1. The second-order valence-corrected chi connectivity index (χ2v) is 8.76. The predicted molar refractivity (Wildman–Crippen MR) is 90.9 cm³/mol. The molecule has 126 valence electrons. The fourth-order valence-corrected chi connectivity index (χ4v) is 3.49. The van der Waals surface area contributed by atoms with Gasteiger partial charge in [0.1, 0.15) is 0 Å². The molecule has 0 amide bonds. The van der Waals surface area contributed by atoms with Gasteiger partial charge in [0.05, 0.1) is 11.8 Å². The molecular formula is C18H33N3O. The van der Waals surface area contributed by atoms with Crippen molar-refractivity contribution in [2.45, 2.75) is 66.0 Å². The van der Waals surface area contributed by atoms with Crippen LogP contribution in [0.15, 0.2) is 6.20 Å². The Labute approximate surface area is 135 Å². The SMILES string of the molecule is Cn1cc(CNC[C@H]2CCO[C@@H]2C(C)(C)C)c(C(C)(C)C)n1. The van der Waals surface area contributed by atoms with Gasteiger partial charge in [-0.25, -0.2) is 0 Å². The Morgan fingerprint density at radius 2 is 1.95 bits per heavy atom. The summed E-state index contributed by atoms with van der Waals surface area (Å²) in [4.78, 5) is 0. The van der Waals surface area contributed by atoms with Crippen LogP contribution in [0.5, 0.6) is 0 Å². The minimum Gasteiger partial charge on any atom is -0.377 e. The maximum atomic E-state index is 5.96. The zero-order valence-corrected chi connectivity index (χ0v) is 15.4. The summed E-state index contributed by atoms with van der Waals surface area (Å²) in [6.07, 6.45) is 3.66. The minimum atomic E-state index is 0.0860. The third-order valence-corrected chi connectivity index (χ3v) is 4.40. The lowest BCUT2D eigenvalue weighted by atomic mass is 9.81. The molecule has 0 spiro atoms. The molecule has 1 N–H and O–H groups in total. The summed E-state index contributed by atoms with van der Waals surface area (Å²) in [6.45, 7) is 16.3. The molecule has 2 rings (SSSR count). The molecule has 2 atom stereocenters. The molecule has 0 aliphatic carbocycles. The van der Waals surface area contributed by atoms with Gasteiger partial charge < -0.3 is 10.1 Å². The van der Waals surface area contributed by atoms with Gasteiger partial charge in [0.25, 0.3) is 0 Å². The number of hydrogen-bond donors (Lipinski definition) is 1. The first-order valence-corrected chi connectivity index (χ1v) is 8.44. The number of aryl methyl sites for hydroxylation is 1. The van der Waals surface area contributed by atoms with Gasteiger partial charge in [0.15, 0.2) is 0 Å². The maximum absolute atomic E-state index is 5.96. The molecule has 0 unspecified atom stereocenters. The minimum absolute atomic E-state index is 0.0860. The molecule has 1 aromatic heterocycles. The van der Waals surface area contributed by atoms with Crippen molar-refractivity contribution in [3.8, 4) is 0 Å². The van der Waals surface area contributed by atoms with E-state index in [9.17, 15) is 0 Å². The zero-order chi connectivity index (χ0) is 16.5. The number of nitrogens with one attached hydrogen (secondary N) is 1. The summed E-state index contributed by atoms with van der Waals surface area (Å²) < 4.78 is 7.88. The molecule has 1 fully saturated rings. The molecule has 2 heterocycles. The lowest BCUT2D eigenvalue weighted by Gasteiger charge is -2.31. The molecule has 1 saturated heterocycles. The number of aromatic nitrogens is 2. The van der Waals surface area contributed by atoms with Crippen LogP contribution >= 0.6 is 0 Å². The van der Waals surface area contributed by atoms with E-state index in [1.807, 2.05) is 11.7 Å². The highest BCUT2D eigenvalue weighted by molar-refractivity contribution is 5.23. The van der Waals surface area contributed by atoms with E-state index in [-0.39, 0.29) is 10.8 Å². The van der Waals surface area contributed by atoms with E-state index in [1.165, 1.54) is 11.3 Å². The van der Waals surface area contributed by atoms with Gasteiger partial charge in [-0.3, -0.25) is 4.68 Å². The Kier molecular flexibility index (Phi) is 5.03. The Morgan fingerprint density at radius 1 is 1.27 bits per heavy atom. The smallest absolute Gasteiger partial charge is 0.0722 e. The number of hydrogen-bond acceptors (Lipinski definition) is 3. The maximum Gasteiger partial charge on any atom is 0.0722 e. The van der Waals surface area contributed by atoms with E-state index >= 15 is 0 Å². The first-order valence-electron chi connectivity index (χ1n) is 8.44. The summed E-state index contributed by atoms with van der Waals surface area (Å²) >= 11 is 0. The fraction of sp³-hybridized carbons (Fsp3) is 0.833. The summed E-state index contributed by atoms with van der Waals surface area (Å²) in [5, 5.41) is 8.28. The van der Waals surface area contributed by atoms with Crippen LogP contribution in [0.1, 0.15) is 59.2 Å². The molecule has 0 saturated carbocycles. The molecular weight excluding hydrogens is 274 g/mol. The first kappa shape index (κ1) is 17.5. The van der Waals surface area contributed by atoms with Crippen LogP contribution in [0, 0.1) is 11.3 Å². The van der Waals surface area contributed by atoms with Gasteiger partial charge in [-0.15, -0.1) is 0 Å². The highest BCUT2D eigenvalue weighted by Crippen LogP contribution is 2.34. The monoisotopic (exact) mass is 307 g/mol. The van der Waals surface area contributed by atoms with E-state index in [2.05, 4.69) is 58.2 Å². The highest BCUT2D eigenvalue weighted by Gasteiger charge is 2.36. The average Bonchev–Trinajstić information content (AvgIpc) is 2.94. The summed E-state index contributed by atoms with van der Waals surface area (Å²) in [5.74, 6) is 0.606. The van der Waals surface area contributed by atoms with Gasteiger partial charge >= 0.3 is 0 Å². The van der Waals surface area contributed by atoms with Crippen molar-refractivity contribution in [3.63, 3.8) is 0 Å². The van der Waals surface area contributed by atoms with Crippen molar-refractivity contribution in [1.29, 1.82) is 0 Å². The van der Waals surface area contributed by atoms with Crippen molar-refractivity contribution in [1.82, 2.24) is 15.1 Å². The second kappa shape index (κ2) is 6.32. The van der Waals surface area contributed by atoms with E-state index in [0.717, 1.165) is 26.1 Å². The molecule has 4 heteroatoms. The van der Waals surface area contributed by atoms with Crippen molar-refractivity contribution < 1.29 is 4.74 Å². The predicted octanol–water partition coefficient (Wildman–Crippen LogP) is 3.26. The Balaban J connectivity index is 1.95. The largest absolute Gasteiger partial charge is 0.377 e. The van der Waals surface area contributed by atoms with Gasteiger partial charge in [0, 0.05) is 49.8 Å². The summed E-state index contributed by atoms with van der Waals surface area (Å²) in [7, 11) is 2.00. The molecule has 0 bridgehead atoms. The van der Waals surface area contributed by atoms with Crippen molar-refractivity contribution in [2.75, 3.05) is 13.2 Å². The third-order valence-electron chi connectivity index (χ3n) is 4.40. The Hall–Kier alpha value is -0.870. The van der Waals surface area contributed by atoms with Crippen LogP contribution in [0.25, 0.3) is 0 Å². The lowest BCUT2D eigenvalue weighted by molar-refractivity contribution is 0.00720. The topological polar surface area (TPSA) is 39.1 Å². The summed E-state index contributed by atoms with van der Waals surface area (Å²) in [6, 6.07) is 0. The number of nitrogens with zero attached hydrogens (tertiary/aromatic N) is 2. The second-order valence-electron chi connectivity index (χ2n) is 8.76. The van der Waals surface area contributed by atoms with Crippen LogP contribution in [0.2, 0.25) is 0 Å². The van der Waals surface area contributed by atoms with Crippen LogP contribution < -0.4 is 5.32 Å². The van der Waals surface area contributed by atoms with Gasteiger partial charge in [0.2, 0.25) is 0 Å². The molecule has 0 aromatic carbocycles. The van der Waals surface area contributed by atoms with Crippen LogP contribution in [-0.2, 0) is 23.7 Å². The molecule has 1 aliphatic heterocycles. The van der Waals surface area contributed by atoms with E-state index in [0.29, 0.717) is 12.0 Å². The van der Waals surface area contributed by atoms with Gasteiger partial charge in [-0.2, -0.15) is 5.10 Å². The summed E-state index contributed by atoms with van der Waals surface area (Å²) in [5.41, 5.74) is 2.80. The molecule has 4 nitrogen and oxygen atoms in total. The van der Waals surface area contributed by atoms with E-state index in [1.54, 1.807) is 0 Å². The molecule has 1 aromatic rings. The van der Waals surface area contributed by atoms with Crippen molar-refractivity contribution in [3.05, 3.63) is 17.5 Å². The highest BCUT2D eigenvalue weighted by atomic mass is 16.5.